The highest BCUT2D eigenvalue weighted by Crippen LogP contribution is 2.28. The van der Waals surface area contributed by atoms with Crippen molar-refractivity contribution in [2.75, 3.05) is 13.7 Å². The van der Waals surface area contributed by atoms with Gasteiger partial charge in [0.15, 0.2) is 0 Å². The lowest BCUT2D eigenvalue weighted by Gasteiger charge is -2.07. The average Bonchev–Trinajstić information content (AvgIpc) is 2.04. The first-order chi connectivity index (χ1) is 6.19. The van der Waals surface area contributed by atoms with Crippen LogP contribution in [0.15, 0.2) is 12.1 Å². The van der Waals surface area contributed by atoms with Crippen LogP contribution in [0, 0.1) is 7.14 Å². The Morgan fingerprint density at radius 2 is 1.85 bits per heavy atom. The van der Waals surface area contributed by atoms with Crippen LogP contribution >= 0.6 is 45.2 Å². The first-order valence-corrected chi connectivity index (χ1v) is 6.16. The first-order valence-electron chi connectivity index (χ1n) is 4.00. The molecule has 1 aromatic rings. The van der Waals surface area contributed by atoms with E-state index in [0.29, 0.717) is 0 Å². The molecule has 0 heterocycles. The second-order valence-electron chi connectivity index (χ2n) is 2.70. The Morgan fingerprint density at radius 3 is 2.23 bits per heavy atom. The van der Waals surface area contributed by atoms with Gasteiger partial charge in [-0.05, 0) is 62.9 Å². The minimum Gasteiger partial charge on any atom is -0.495 e. The van der Waals surface area contributed by atoms with E-state index in [1.807, 2.05) is 0 Å². The number of quaternary nitrogens is 1. The lowest BCUT2D eigenvalue weighted by atomic mass is 10.1. The van der Waals surface area contributed by atoms with E-state index in [1.54, 1.807) is 7.11 Å². The maximum Gasteiger partial charge on any atom is 0.145 e. The zero-order valence-corrected chi connectivity index (χ0v) is 11.8. The Hall–Kier alpha value is 0.440. The molecule has 0 radical (unpaired) electrons. The zero-order valence-electron chi connectivity index (χ0n) is 7.44. The van der Waals surface area contributed by atoms with Gasteiger partial charge in [0.05, 0.1) is 20.8 Å². The SMILES string of the molecule is COc1c(I)cc(CC[NH3+])cc1I. The van der Waals surface area contributed by atoms with Crippen molar-refractivity contribution in [3.63, 3.8) is 0 Å². The van der Waals surface area contributed by atoms with E-state index in [0.717, 1.165) is 18.7 Å². The normalized spacial score (nSPS) is 10.2. The Kier molecular flexibility index (Phi) is 4.74. The number of hydrogen-bond donors (Lipinski definition) is 1. The molecular formula is C9H12I2NO+. The van der Waals surface area contributed by atoms with Crippen LogP contribution in [0.25, 0.3) is 0 Å². The molecule has 0 unspecified atom stereocenters. The van der Waals surface area contributed by atoms with Gasteiger partial charge in [0.1, 0.15) is 5.75 Å². The Morgan fingerprint density at radius 1 is 1.31 bits per heavy atom. The van der Waals surface area contributed by atoms with Crippen LogP contribution < -0.4 is 10.5 Å². The van der Waals surface area contributed by atoms with Gasteiger partial charge in [-0.15, -0.1) is 0 Å². The van der Waals surface area contributed by atoms with Crippen LogP contribution in [-0.2, 0) is 6.42 Å². The Labute approximate surface area is 106 Å². The quantitative estimate of drug-likeness (QED) is 0.766. The fourth-order valence-electron chi connectivity index (χ4n) is 1.16. The molecule has 4 heteroatoms. The summed E-state index contributed by atoms with van der Waals surface area (Å²) in [5, 5.41) is 0. The van der Waals surface area contributed by atoms with E-state index in [-0.39, 0.29) is 0 Å². The number of ether oxygens (including phenoxy) is 1. The molecule has 0 spiro atoms. The summed E-state index contributed by atoms with van der Waals surface area (Å²) >= 11 is 4.60. The van der Waals surface area contributed by atoms with Crippen molar-refractivity contribution in [3.05, 3.63) is 24.8 Å². The molecule has 0 fully saturated rings. The van der Waals surface area contributed by atoms with Gasteiger partial charge in [0, 0.05) is 6.42 Å². The monoisotopic (exact) mass is 404 g/mol. The molecule has 0 bridgehead atoms. The third-order valence-corrected chi connectivity index (χ3v) is 3.33. The highest BCUT2D eigenvalue weighted by Gasteiger charge is 2.07. The molecule has 0 amide bonds. The van der Waals surface area contributed by atoms with Gasteiger partial charge in [-0.25, -0.2) is 0 Å². The number of halogens is 2. The van der Waals surface area contributed by atoms with Crippen molar-refractivity contribution in [2.45, 2.75) is 6.42 Å². The average molecular weight is 404 g/mol. The summed E-state index contributed by atoms with van der Waals surface area (Å²) in [5.74, 6) is 0.981. The van der Waals surface area contributed by atoms with Gasteiger partial charge in [0.25, 0.3) is 0 Å². The molecule has 2 nitrogen and oxygen atoms in total. The zero-order chi connectivity index (χ0) is 9.84. The summed E-state index contributed by atoms with van der Waals surface area (Å²) in [6.45, 7) is 0.943. The molecular weight excluding hydrogens is 392 g/mol. The molecule has 0 aliphatic carbocycles. The lowest BCUT2D eigenvalue weighted by Crippen LogP contribution is -2.51. The van der Waals surface area contributed by atoms with E-state index < -0.39 is 0 Å². The van der Waals surface area contributed by atoms with Gasteiger partial charge in [0.2, 0.25) is 0 Å². The minimum absolute atomic E-state index is 0.943. The summed E-state index contributed by atoms with van der Waals surface area (Å²) in [4.78, 5) is 0. The molecule has 0 aliphatic heterocycles. The minimum atomic E-state index is 0.943. The smallest absolute Gasteiger partial charge is 0.145 e. The van der Waals surface area contributed by atoms with E-state index in [9.17, 15) is 0 Å². The number of rotatable bonds is 3. The first kappa shape index (κ1) is 11.5. The number of benzene rings is 1. The molecule has 1 rings (SSSR count). The molecule has 0 saturated heterocycles. The summed E-state index contributed by atoms with van der Waals surface area (Å²) in [6, 6.07) is 4.32. The van der Waals surface area contributed by atoms with Crippen LogP contribution in [-0.4, -0.2) is 13.7 Å². The summed E-state index contributed by atoms with van der Waals surface area (Å²) in [6.07, 6.45) is 1.04. The van der Waals surface area contributed by atoms with Crippen molar-refractivity contribution in [1.29, 1.82) is 0 Å². The molecule has 1 aromatic carbocycles. The van der Waals surface area contributed by atoms with Crippen LogP contribution in [0.3, 0.4) is 0 Å². The standard InChI is InChI=1S/C9H11I2NO/c1-13-9-7(10)4-6(2-3-12)5-8(9)11/h4-5H,2-3,12H2,1H3/p+1. The predicted molar refractivity (Wildman–Crippen MR) is 69.9 cm³/mol. The number of hydrogen-bond acceptors (Lipinski definition) is 1. The van der Waals surface area contributed by atoms with Crippen molar-refractivity contribution >= 4 is 45.2 Å². The van der Waals surface area contributed by atoms with Gasteiger partial charge in [-0.2, -0.15) is 0 Å². The summed E-state index contributed by atoms with van der Waals surface area (Å²) < 4.78 is 7.63. The molecule has 0 saturated carbocycles. The predicted octanol–water partition coefficient (Wildman–Crippen LogP) is 1.69. The largest absolute Gasteiger partial charge is 0.495 e. The van der Waals surface area contributed by atoms with Crippen molar-refractivity contribution in [1.82, 2.24) is 0 Å². The second kappa shape index (κ2) is 5.35. The maximum atomic E-state index is 5.28. The third-order valence-electron chi connectivity index (χ3n) is 1.73. The molecule has 0 aliphatic rings. The highest BCUT2D eigenvalue weighted by atomic mass is 127. The Balaban J connectivity index is 3.05. The lowest BCUT2D eigenvalue weighted by molar-refractivity contribution is -0.366. The third kappa shape index (κ3) is 2.95. The van der Waals surface area contributed by atoms with E-state index in [1.165, 1.54) is 12.7 Å². The van der Waals surface area contributed by atoms with E-state index in [4.69, 9.17) is 4.74 Å². The van der Waals surface area contributed by atoms with Gasteiger partial charge in [-0.3, -0.25) is 0 Å². The molecule has 72 valence electrons. The summed E-state index contributed by atoms with van der Waals surface area (Å²) in [7, 11) is 1.71. The second-order valence-corrected chi connectivity index (χ2v) is 5.02. The fraction of sp³-hybridized carbons (Fsp3) is 0.333. The molecule has 3 N–H and O–H groups in total. The molecule has 13 heavy (non-hydrogen) atoms. The van der Waals surface area contributed by atoms with Crippen LogP contribution in [0.2, 0.25) is 0 Å². The maximum absolute atomic E-state index is 5.28. The van der Waals surface area contributed by atoms with Crippen LogP contribution in [0.5, 0.6) is 5.75 Å². The van der Waals surface area contributed by atoms with Gasteiger partial charge in [-0.1, -0.05) is 0 Å². The topological polar surface area (TPSA) is 36.9 Å². The Bertz CT molecular complexity index is 279. The number of methoxy groups -OCH3 is 1. The van der Waals surface area contributed by atoms with Gasteiger partial charge >= 0.3 is 0 Å². The van der Waals surface area contributed by atoms with Crippen molar-refractivity contribution in [2.24, 2.45) is 0 Å². The summed E-state index contributed by atoms with van der Waals surface area (Å²) in [5.41, 5.74) is 5.18. The van der Waals surface area contributed by atoms with Crippen LogP contribution in [0.4, 0.5) is 0 Å². The van der Waals surface area contributed by atoms with E-state index >= 15 is 0 Å². The van der Waals surface area contributed by atoms with Crippen LogP contribution in [0.1, 0.15) is 5.56 Å². The molecule has 0 aromatic heterocycles. The van der Waals surface area contributed by atoms with Gasteiger partial charge < -0.3 is 10.5 Å². The highest BCUT2D eigenvalue weighted by molar-refractivity contribution is 14.1. The van der Waals surface area contributed by atoms with Crippen molar-refractivity contribution in [3.8, 4) is 5.75 Å². The molecule has 0 atom stereocenters. The fourth-order valence-corrected chi connectivity index (χ4v) is 3.49. The van der Waals surface area contributed by atoms with Crippen molar-refractivity contribution < 1.29 is 10.5 Å². The van der Waals surface area contributed by atoms with E-state index in [2.05, 4.69) is 63.0 Å².